The van der Waals surface area contributed by atoms with Crippen LogP contribution in [0.15, 0.2) is 70.5 Å². The highest BCUT2D eigenvalue weighted by molar-refractivity contribution is 6.14. The summed E-state index contributed by atoms with van der Waals surface area (Å²) in [5, 5.41) is 3.62. The summed E-state index contributed by atoms with van der Waals surface area (Å²) in [6.07, 6.45) is 9.55. The van der Waals surface area contributed by atoms with Crippen LogP contribution in [0.1, 0.15) is 48.8 Å². The maximum atomic E-state index is 15.4. The van der Waals surface area contributed by atoms with Crippen molar-refractivity contribution in [1.29, 1.82) is 0 Å². The second-order valence-corrected chi connectivity index (χ2v) is 9.20. The van der Waals surface area contributed by atoms with Gasteiger partial charge < -0.3 is 15.0 Å². The molecule has 6 rings (SSSR count). The van der Waals surface area contributed by atoms with Crippen LogP contribution in [0, 0.1) is 18.7 Å². The number of nitrogens with zero attached hydrogens (tertiary/aromatic N) is 3. The van der Waals surface area contributed by atoms with Crippen LogP contribution in [0.4, 0.5) is 4.39 Å². The van der Waals surface area contributed by atoms with Gasteiger partial charge in [0.15, 0.2) is 5.84 Å². The molecule has 0 amide bonds. The molecule has 2 aromatic carbocycles. The summed E-state index contributed by atoms with van der Waals surface area (Å²) in [7, 11) is 0. The molecule has 0 bridgehead atoms. The second kappa shape index (κ2) is 8.18. The molecule has 1 N–H and O–H groups in total. The maximum absolute atomic E-state index is 15.4. The van der Waals surface area contributed by atoms with E-state index >= 15 is 4.39 Å². The lowest BCUT2D eigenvalue weighted by Crippen LogP contribution is -2.44. The van der Waals surface area contributed by atoms with Gasteiger partial charge in [-0.05, 0) is 61.8 Å². The first-order chi connectivity index (χ1) is 16.2. The number of amidine groups is 1. The van der Waals surface area contributed by atoms with E-state index < -0.39 is 0 Å². The zero-order valence-corrected chi connectivity index (χ0v) is 18.7. The van der Waals surface area contributed by atoms with Crippen molar-refractivity contribution in [3.8, 4) is 5.75 Å². The van der Waals surface area contributed by atoms with Crippen LogP contribution >= 0.6 is 0 Å². The first kappa shape index (κ1) is 20.2. The summed E-state index contributed by atoms with van der Waals surface area (Å²) in [5.74, 6) is 1.42. The van der Waals surface area contributed by atoms with Crippen LogP contribution in [0.2, 0.25) is 0 Å². The number of hydrogen-bond donors (Lipinski definition) is 1. The molecule has 0 spiro atoms. The predicted octanol–water partition coefficient (Wildman–Crippen LogP) is 5.53. The fourth-order valence-corrected chi connectivity index (χ4v) is 4.61. The molecule has 4 aliphatic rings. The minimum absolute atomic E-state index is 0.112. The van der Waals surface area contributed by atoms with Crippen LogP contribution < -0.4 is 10.1 Å². The first-order valence-electron chi connectivity index (χ1n) is 11.7. The summed E-state index contributed by atoms with van der Waals surface area (Å²) >= 11 is 0. The van der Waals surface area contributed by atoms with Crippen LogP contribution in [0.25, 0.3) is 5.70 Å². The number of nitrogens with one attached hydrogen (secondary N) is 1. The first-order valence-corrected chi connectivity index (χ1v) is 11.7. The monoisotopic (exact) mass is 442 g/mol. The van der Waals surface area contributed by atoms with Gasteiger partial charge >= 0.3 is 0 Å². The minimum Gasteiger partial charge on any atom is -0.489 e. The van der Waals surface area contributed by atoms with Crippen molar-refractivity contribution in [2.45, 2.75) is 51.8 Å². The van der Waals surface area contributed by atoms with Crippen molar-refractivity contribution in [3.63, 3.8) is 0 Å². The summed E-state index contributed by atoms with van der Waals surface area (Å²) in [4.78, 5) is 11.5. The molecular formula is C27H27FN4O. The van der Waals surface area contributed by atoms with Gasteiger partial charge in [0.2, 0.25) is 0 Å². The Labute approximate surface area is 193 Å². The third kappa shape index (κ3) is 3.84. The number of ether oxygens (including phenoxy) is 1. The highest BCUT2D eigenvalue weighted by atomic mass is 19.1. The minimum atomic E-state index is -0.311. The Kier molecular flexibility index (Phi) is 5.01. The molecule has 1 atom stereocenters. The van der Waals surface area contributed by atoms with Gasteiger partial charge in [0.05, 0.1) is 5.70 Å². The number of halogens is 1. The zero-order valence-electron chi connectivity index (χ0n) is 18.7. The largest absolute Gasteiger partial charge is 0.489 e. The Morgan fingerprint density at radius 1 is 1.18 bits per heavy atom. The number of rotatable bonds is 5. The molecular weight excluding hydrogens is 415 g/mol. The van der Waals surface area contributed by atoms with E-state index in [-0.39, 0.29) is 12.0 Å². The van der Waals surface area contributed by atoms with Crippen molar-refractivity contribution in [3.05, 3.63) is 83.1 Å². The Morgan fingerprint density at radius 2 is 2.03 bits per heavy atom. The number of aliphatic imine (C=N–C) groups is 2. The lowest BCUT2D eigenvalue weighted by Gasteiger charge is -2.37. The Morgan fingerprint density at radius 3 is 2.76 bits per heavy atom. The summed E-state index contributed by atoms with van der Waals surface area (Å²) in [6, 6.07) is 13.2. The molecule has 2 saturated carbocycles. The number of hydrogen-bond acceptors (Lipinski definition) is 5. The molecule has 168 valence electrons. The third-order valence-corrected chi connectivity index (χ3v) is 6.92. The Hall–Kier alpha value is -3.41. The molecule has 2 heterocycles. The molecule has 0 aromatic heterocycles. The predicted molar refractivity (Wildman–Crippen MR) is 128 cm³/mol. The molecule has 0 radical (unpaired) electrons. The van der Waals surface area contributed by atoms with Crippen LogP contribution in [-0.4, -0.2) is 22.6 Å². The normalized spacial score (nSPS) is 21.4. The van der Waals surface area contributed by atoms with Gasteiger partial charge in [0, 0.05) is 29.7 Å². The number of aryl methyl sites for hydroxylation is 1. The molecule has 2 aliphatic carbocycles. The van der Waals surface area contributed by atoms with Crippen molar-refractivity contribution in [1.82, 2.24) is 10.2 Å². The molecule has 33 heavy (non-hydrogen) atoms. The van der Waals surface area contributed by atoms with Crippen LogP contribution in [0.5, 0.6) is 5.75 Å². The standard InChI is InChI=1S/C27H27FN4O/c1-17-5-2-3-6-19(17)16-33-21-11-12-22(23(28)15-21)24-25-26(30-20-9-10-20)29-13-14-32(25)27(31-24)18-7-4-8-18/h2-3,5-6,11-15,18,27,31H,4,7-10,16H2,1H3. The lowest BCUT2D eigenvalue weighted by molar-refractivity contribution is 0.164. The Bertz CT molecular complexity index is 1220. The van der Waals surface area contributed by atoms with Gasteiger partial charge in [-0.1, -0.05) is 30.7 Å². The lowest BCUT2D eigenvalue weighted by atomic mass is 9.82. The van der Waals surface area contributed by atoms with E-state index in [0.29, 0.717) is 29.7 Å². The number of benzene rings is 2. The van der Waals surface area contributed by atoms with Gasteiger partial charge in [-0.25, -0.2) is 14.4 Å². The van der Waals surface area contributed by atoms with E-state index in [1.165, 1.54) is 25.3 Å². The van der Waals surface area contributed by atoms with Crippen molar-refractivity contribution < 1.29 is 9.13 Å². The van der Waals surface area contributed by atoms with Crippen molar-refractivity contribution in [2.24, 2.45) is 15.9 Å². The van der Waals surface area contributed by atoms with E-state index in [1.807, 2.05) is 30.5 Å². The van der Waals surface area contributed by atoms with Crippen molar-refractivity contribution in [2.75, 3.05) is 0 Å². The van der Waals surface area contributed by atoms with E-state index in [4.69, 9.17) is 9.73 Å². The summed E-state index contributed by atoms with van der Waals surface area (Å²) < 4.78 is 21.3. The molecule has 2 fully saturated rings. The average Bonchev–Trinajstić information content (AvgIpc) is 3.52. The van der Waals surface area contributed by atoms with E-state index in [1.54, 1.807) is 12.3 Å². The maximum Gasteiger partial charge on any atom is 0.178 e. The zero-order chi connectivity index (χ0) is 22.4. The van der Waals surface area contributed by atoms with E-state index in [2.05, 4.69) is 28.2 Å². The SMILES string of the molecule is Cc1ccccc1COc1ccc(C2=C3C(N=C4CC4)=NC=CN3C(C3CCC3)N2)c(F)c1. The van der Waals surface area contributed by atoms with Gasteiger partial charge in [-0.3, -0.25) is 0 Å². The smallest absolute Gasteiger partial charge is 0.178 e. The molecule has 2 aliphatic heterocycles. The fraction of sp³-hybridized carbons (Fsp3) is 0.333. The van der Waals surface area contributed by atoms with Gasteiger partial charge in [0.25, 0.3) is 0 Å². The van der Waals surface area contributed by atoms with Crippen LogP contribution in [-0.2, 0) is 6.61 Å². The van der Waals surface area contributed by atoms with Crippen LogP contribution in [0.3, 0.4) is 0 Å². The molecule has 5 nitrogen and oxygen atoms in total. The highest BCUT2D eigenvalue weighted by Gasteiger charge is 2.41. The number of fused-ring (bicyclic) bond motifs is 1. The fourth-order valence-electron chi connectivity index (χ4n) is 4.61. The van der Waals surface area contributed by atoms with Crippen molar-refractivity contribution >= 4 is 17.2 Å². The van der Waals surface area contributed by atoms with E-state index in [9.17, 15) is 0 Å². The molecule has 6 heteroatoms. The Balaban J connectivity index is 1.31. The van der Waals surface area contributed by atoms with Gasteiger partial charge in [-0.15, -0.1) is 0 Å². The molecule has 1 unspecified atom stereocenters. The third-order valence-electron chi connectivity index (χ3n) is 6.92. The second-order valence-electron chi connectivity index (χ2n) is 9.20. The topological polar surface area (TPSA) is 49.2 Å². The molecule has 2 aromatic rings. The van der Waals surface area contributed by atoms with Gasteiger partial charge in [0.1, 0.15) is 30.0 Å². The average molecular weight is 443 g/mol. The quantitative estimate of drug-likeness (QED) is 0.662. The summed E-state index contributed by atoms with van der Waals surface area (Å²) in [5.41, 5.74) is 5.58. The summed E-state index contributed by atoms with van der Waals surface area (Å²) in [6.45, 7) is 2.46. The van der Waals surface area contributed by atoms with E-state index in [0.717, 1.165) is 41.1 Å². The molecule has 0 saturated heterocycles. The highest BCUT2D eigenvalue weighted by Crippen LogP contribution is 2.41. The van der Waals surface area contributed by atoms with Gasteiger partial charge in [-0.2, -0.15) is 0 Å².